The Morgan fingerprint density at radius 3 is 2.52 bits per heavy atom. The van der Waals surface area contributed by atoms with Gasteiger partial charge in [-0.05, 0) is 55.4 Å². The molecule has 254 valence electrons. The van der Waals surface area contributed by atoms with Gasteiger partial charge in [0, 0.05) is 18.7 Å². The van der Waals surface area contributed by atoms with Gasteiger partial charge in [0.1, 0.15) is 18.2 Å². The standard InChI is InChI=1S/C38H45N3O7/c1-23(2)19-27(21-42)41-34-37(46)40(29-20-24(3)15-16-25(29)4)18-10-17-38(34)33(36(41)45)32-30(48-38)13-8-9-14-31(43)47-22-28(39-35(32)44)26-11-6-5-7-12-26/h5-8,10-13,15-17,20,23,27-28,30,32-34,42H,9,14,18-19,21-22H2,1-4H3,(H,39,44)/b13-8-/t27-,28+,30-,32+,33+,34-,38+/m1/s1. The number of aliphatic hydroxyl groups is 1. The minimum absolute atomic E-state index is 0.0702. The minimum Gasteiger partial charge on any atom is -0.463 e. The van der Waals surface area contributed by atoms with Gasteiger partial charge in [-0.1, -0.05) is 80.6 Å². The number of ether oxygens (including phenoxy) is 2. The van der Waals surface area contributed by atoms with Crippen LogP contribution in [0.5, 0.6) is 0 Å². The third kappa shape index (κ3) is 6.07. The number of hydrogen-bond acceptors (Lipinski definition) is 7. The molecule has 0 aromatic heterocycles. The lowest BCUT2D eigenvalue weighted by Crippen LogP contribution is -2.58. The lowest BCUT2D eigenvalue weighted by Gasteiger charge is -2.39. The molecule has 0 unspecified atom stereocenters. The fourth-order valence-electron chi connectivity index (χ4n) is 7.82. The van der Waals surface area contributed by atoms with Gasteiger partial charge >= 0.3 is 5.97 Å². The number of benzene rings is 2. The summed E-state index contributed by atoms with van der Waals surface area (Å²) in [5.74, 6) is -3.46. The molecule has 4 aliphatic heterocycles. The maximum absolute atomic E-state index is 14.9. The van der Waals surface area contributed by atoms with E-state index in [0.29, 0.717) is 12.8 Å². The van der Waals surface area contributed by atoms with E-state index in [9.17, 15) is 24.3 Å². The summed E-state index contributed by atoms with van der Waals surface area (Å²) in [6.07, 6.45) is 7.29. The van der Waals surface area contributed by atoms with Crippen molar-refractivity contribution >= 4 is 29.4 Å². The molecule has 10 heteroatoms. The maximum atomic E-state index is 14.9. The van der Waals surface area contributed by atoms with Gasteiger partial charge in [-0.2, -0.15) is 0 Å². The number of anilines is 1. The highest BCUT2D eigenvalue weighted by molar-refractivity contribution is 6.06. The lowest BCUT2D eigenvalue weighted by atomic mass is 9.77. The van der Waals surface area contributed by atoms with Gasteiger partial charge in [0.15, 0.2) is 0 Å². The summed E-state index contributed by atoms with van der Waals surface area (Å²) in [4.78, 5) is 60.0. The van der Waals surface area contributed by atoms with Crippen molar-refractivity contribution in [1.29, 1.82) is 0 Å². The van der Waals surface area contributed by atoms with Crippen LogP contribution in [0.4, 0.5) is 5.69 Å². The summed E-state index contributed by atoms with van der Waals surface area (Å²) in [7, 11) is 0. The highest BCUT2D eigenvalue weighted by Gasteiger charge is 2.72. The van der Waals surface area contributed by atoms with Gasteiger partial charge in [0.05, 0.1) is 36.6 Å². The highest BCUT2D eigenvalue weighted by Crippen LogP contribution is 2.54. The predicted molar refractivity (Wildman–Crippen MR) is 180 cm³/mol. The Hall–Kier alpha value is -4.28. The van der Waals surface area contributed by atoms with Crippen LogP contribution in [-0.2, 0) is 28.7 Å². The molecule has 0 radical (unpaired) electrons. The molecule has 2 saturated heterocycles. The molecule has 0 bridgehead atoms. The summed E-state index contributed by atoms with van der Waals surface area (Å²) in [6.45, 7) is 7.76. The number of esters is 1. The fourth-order valence-corrected chi connectivity index (χ4v) is 7.82. The van der Waals surface area contributed by atoms with E-state index in [1.54, 1.807) is 23.1 Å². The third-order valence-corrected chi connectivity index (χ3v) is 10.0. The van der Waals surface area contributed by atoms with Crippen molar-refractivity contribution in [2.45, 2.75) is 76.8 Å². The Morgan fingerprint density at radius 2 is 1.79 bits per heavy atom. The monoisotopic (exact) mass is 655 g/mol. The number of allylic oxidation sites excluding steroid dienone is 1. The first kappa shape index (κ1) is 33.6. The van der Waals surface area contributed by atoms with Gasteiger partial charge < -0.3 is 29.7 Å². The molecule has 4 aliphatic rings. The molecule has 48 heavy (non-hydrogen) atoms. The zero-order valence-corrected chi connectivity index (χ0v) is 28.0. The number of amides is 3. The molecule has 0 saturated carbocycles. The van der Waals surface area contributed by atoms with Crippen LogP contribution in [0.25, 0.3) is 0 Å². The van der Waals surface area contributed by atoms with Crippen LogP contribution < -0.4 is 10.2 Å². The number of aliphatic hydroxyl groups excluding tert-OH is 1. The number of hydrogen-bond donors (Lipinski definition) is 2. The van der Waals surface area contributed by atoms with Crippen molar-refractivity contribution in [3.8, 4) is 0 Å². The normalized spacial score (nSPS) is 30.4. The third-order valence-electron chi connectivity index (χ3n) is 10.0. The topological polar surface area (TPSA) is 125 Å². The average Bonchev–Trinajstić information content (AvgIpc) is 3.45. The first-order valence-electron chi connectivity index (χ1n) is 16.9. The summed E-state index contributed by atoms with van der Waals surface area (Å²) in [5.41, 5.74) is 1.91. The zero-order valence-electron chi connectivity index (χ0n) is 28.0. The molecule has 4 heterocycles. The second-order valence-corrected chi connectivity index (χ2v) is 13.8. The Morgan fingerprint density at radius 1 is 1.02 bits per heavy atom. The number of rotatable bonds is 6. The Bertz CT molecular complexity index is 1620. The van der Waals surface area contributed by atoms with Gasteiger partial charge in [0.2, 0.25) is 11.8 Å². The van der Waals surface area contributed by atoms with Crippen molar-refractivity contribution in [2.75, 3.05) is 24.7 Å². The SMILES string of the molecule is Cc1ccc(C)c(N2CC=C[C@]34O[C@@H]5/C=C\CCC(=O)OC[C@@H](c6ccccc6)NC(=O)[C@@H]5[C@H]3C(=O)N([C@@H](CO)CC(C)C)[C@@H]4C2=O)c1. The van der Waals surface area contributed by atoms with Crippen LogP contribution in [0.15, 0.2) is 72.8 Å². The van der Waals surface area contributed by atoms with Gasteiger partial charge in [-0.3, -0.25) is 19.2 Å². The van der Waals surface area contributed by atoms with E-state index in [1.807, 2.05) is 82.3 Å². The van der Waals surface area contributed by atoms with Gasteiger partial charge in [-0.15, -0.1) is 0 Å². The predicted octanol–water partition coefficient (Wildman–Crippen LogP) is 3.94. The zero-order chi connectivity index (χ0) is 34.2. The Balaban J connectivity index is 1.47. The van der Waals surface area contributed by atoms with E-state index in [2.05, 4.69) is 5.32 Å². The smallest absolute Gasteiger partial charge is 0.306 e. The van der Waals surface area contributed by atoms with E-state index < -0.39 is 53.5 Å². The highest BCUT2D eigenvalue weighted by atomic mass is 16.5. The molecular weight excluding hydrogens is 610 g/mol. The van der Waals surface area contributed by atoms with Gasteiger partial charge in [-0.25, -0.2) is 0 Å². The van der Waals surface area contributed by atoms with Crippen molar-refractivity contribution in [3.63, 3.8) is 0 Å². The number of nitrogens with one attached hydrogen (secondary N) is 1. The first-order valence-corrected chi connectivity index (χ1v) is 16.9. The summed E-state index contributed by atoms with van der Waals surface area (Å²) in [6, 6.07) is 12.7. The average molecular weight is 656 g/mol. The molecule has 2 aromatic carbocycles. The van der Waals surface area contributed by atoms with Gasteiger partial charge in [0.25, 0.3) is 5.91 Å². The van der Waals surface area contributed by atoms with Crippen LogP contribution in [0.1, 0.15) is 55.8 Å². The molecule has 2 N–H and O–H groups in total. The summed E-state index contributed by atoms with van der Waals surface area (Å²) >= 11 is 0. The number of cyclic esters (lactones) is 1. The number of carbonyl (C=O) groups is 4. The largest absolute Gasteiger partial charge is 0.463 e. The second kappa shape index (κ2) is 13.7. The van der Waals surface area contributed by atoms with Crippen molar-refractivity contribution in [1.82, 2.24) is 10.2 Å². The number of likely N-dealkylation sites (tertiary alicyclic amines) is 1. The molecule has 7 atom stereocenters. The van der Waals surface area contributed by atoms with Crippen molar-refractivity contribution < 1.29 is 33.8 Å². The Labute approximate surface area is 281 Å². The van der Waals surface area contributed by atoms with Crippen LogP contribution in [0.2, 0.25) is 0 Å². The summed E-state index contributed by atoms with van der Waals surface area (Å²) in [5, 5.41) is 13.8. The molecule has 2 fully saturated rings. The molecule has 6 rings (SSSR count). The van der Waals surface area contributed by atoms with Crippen LogP contribution in [0.3, 0.4) is 0 Å². The number of fused-ring (bicyclic) bond motifs is 2. The number of aryl methyl sites for hydroxylation is 2. The second-order valence-electron chi connectivity index (χ2n) is 13.8. The summed E-state index contributed by atoms with van der Waals surface area (Å²) < 4.78 is 12.4. The van der Waals surface area contributed by atoms with E-state index in [-0.39, 0.29) is 44.0 Å². The molecule has 0 aliphatic carbocycles. The van der Waals surface area contributed by atoms with Crippen molar-refractivity contribution in [2.24, 2.45) is 17.8 Å². The maximum Gasteiger partial charge on any atom is 0.306 e. The van der Waals surface area contributed by atoms with Crippen LogP contribution >= 0.6 is 0 Å². The van der Waals surface area contributed by atoms with E-state index in [4.69, 9.17) is 9.47 Å². The molecule has 1 spiro atoms. The van der Waals surface area contributed by atoms with Crippen molar-refractivity contribution in [3.05, 3.63) is 89.5 Å². The molecule has 3 amide bonds. The molecular formula is C38H45N3O7. The minimum atomic E-state index is -1.48. The first-order chi connectivity index (χ1) is 23.1. The molecule has 2 aromatic rings. The number of nitrogens with zero attached hydrogens (tertiary/aromatic N) is 2. The molecule has 10 nitrogen and oxygen atoms in total. The Kier molecular flexibility index (Phi) is 9.58. The van der Waals surface area contributed by atoms with E-state index in [0.717, 1.165) is 22.4 Å². The lowest BCUT2D eigenvalue weighted by molar-refractivity contribution is -0.147. The number of carbonyl (C=O) groups excluding carboxylic acids is 4. The van der Waals surface area contributed by atoms with E-state index >= 15 is 0 Å². The van der Waals surface area contributed by atoms with E-state index in [1.165, 1.54) is 4.90 Å². The fraction of sp³-hybridized carbons (Fsp3) is 0.474. The van der Waals surface area contributed by atoms with Crippen LogP contribution in [0, 0.1) is 31.6 Å². The quantitative estimate of drug-likeness (QED) is 0.357. The van der Waals surface area contributed by atoms with Crippen LogP contribution in [-0.4, -0.2) is 77.2 Å².